The van der Waals surface area contributed by atoms with Gasteiger partial charge in [0.1, 0.15) is 24.6 Å². The summed E-state index contributed by atoms with van der Waals surface area (Å²) in [5.41, 5.74) is 2.73. The molecule has 3 rings (SSSR count). The molecule has 2 aromatic heterocycles. The Bertz CT molecular complexity index is 879. The fourth-order valence-electron chi connectivity index (χ4n) is 3.20. The highest BCUT2D eigenvalue weighted by atomic mass is 16.6. The van der Waals surface area contributed by atoms with Gasteiger partial charge in [-0.25, -0.2) is 4.98 Å². The Balaban J connectivity index is 2.23. The largest absolute Gasteiger partial charge is 0.394 e. The van der Waals surface area contributed by atoms with E-state index in [4.69, 9.17) is 10.5 Å². The summed E-state index contributed by atoms with van der Waals surface area (Å²) in [6.07, 6.45) is -1.96. The summed E-state index contributed by atoms with van der Waals surface area (Å²) < 4.78 is 6.75. The predicted octanol–water partition coefficient (Wildman–Crippen LogP) is -1.77. The number of nitrogen functional groups attached to an aromatic ring is 1. The van der Waals surface area contributed by atoms with Crippen molar-refractivity contribution in [2.24, 2.45) is 0 Å². The van der Waals surface area contributed by atoms with Crippen LogP contribution in [-0.4, -0.2) is 65.5 Å². The van der Waals surface area contributed by atoms with Crippen LogP contribution >= 0.6 is 0 Å². The number of aromatic amines is 1. The standard InChI is InChI=1S/C15H21N5O6/c1-2-3-4-8(22)15(11(24)10(23)7(5-21)26-15)20-6-17-9-12(20)18-14(16)19-13(9)25/h6-7,10-11,21,23-24H,2-5H2,1H3,(H3,16,18,19,25)/t7-,10-,11-,15-/m1/s1. The average Bonchev–Trinajstić information content (AvgIpc) is 3.14. The van der Waals surface area contributed by atoms with Gasteiger partial charge in [0.15, 0.2) is 16.9 Å². The number of carbonyl (C=O) groups is 1. The first-order valence-electron chi connectivity index (χ1n) is 8.28. The van der Waals surface area contributed by atoms with Crippen molar-refractivity contribution in [1.82, 2.24) is 19.5 Å². The summed E-state index contributed by atoms with van der Waals surface area (Å²) in [7, 11) is 0. The SMILES string of the molecule is CCCCC(=O)[C@@]1(n2cnc3c(=O)[nH]c(N)nc32)O[C@H](CO)[C@@H](O)[C@H]1O. The lowest BCUT2D eigenvalue weighted by atomic mass is 9.95. The number of hydrogen-bond acceptors (Lipinski definition) is 9. The minimum Gasteiger partial charge on any atom is -0.394 e. The second kappa shape index (κ2) is 6.76. The quantitative estimate of drug-likeness (QED) is 0.395. The number of nitrogens with zero attached hydrogens (tertiary/aromatic N) is 3. The Morgan fingerprint density at radius 1 is 1.50 bits per heavy atom. The maximum atomic E-state index is 13.0. The van der Waals surface area contributed by atoms with Crippen molar-refractivity contribution in [3.8, 4) is 0 Å². The molecule has 2 aromatic rings. The number of hydrogen-bond donors (Lipinski definition) is 5. The highest BCUT2D eigenvalue weighted by Crippen LogP contribution is 2.39. The van der Waals surface area contributed by atoms with E-state index in [2.05, 4.69) is 15.0 Å². The van der Waals surface area contributed by atoms with E-state index >= 15 is 0 Å². The first-order chi connectivity index (χ1) is 12.4. The first kappa shape index (κ1) is 18.5. The normalized spacial score (nSPS) is 28.7. The number of H-pyrrole nitrogens is 1. The van der Waals surface area contributed by atoms with E-state index in [9.17, 15) is 24.9 Å². The molecule has 0 unspecified atom stereocenters. The van der Waals surface area contributed by atoms with Crippen LogP contribution in [0.1, 0.15) is 26.2 Å². The van der Waals surface area contributed by atoms with Crippen LogP contribution in [0.3, 0.4) is 0 Å². The summed E-state index contributed by atoms with van der Waals surface area (Å²) in [6, 6.07) is 0. The van der Waals surface area contributed by atoms with Gasteiger partial charge in [0.25, 0.3) is 5.56 Å². The topological polar surface area (TPSA) is 177 Å². The zero-order valence-electron chi connectivity index (χ0n) is 14.1. The van der Waals surface area contributed by atoms with Crippen LogP contribution in [0.2, 0.25) is 0 Å². The highest BCUT2D eigenvalue weighted by Gasteiger charge is 2.60. The van der Waals surface area contributed by atoms with E-state index < -0.39 is 42.0 Å². The van der Waals surface area contributed by atoms with Gasteiger partial charge < -0.3 is 25.8 Å². The third-order valence-electron chi connectivity index (χ3n) is 4.56. The van der Waals surface area contributed by atoms with Crippen LogP contribution in [0.5, 0.6) is 0 Å². The summed E-state index contributed by atoms with van der Waals surface area (Å²) in [6.45, 7) is 1.29. The number of aliphatic hydroxyl groups excluding tert-OH is 3. The van der Waals surface area contributed by atoms with Crippen molar-refractivity contribution in [2.45, 2.75) is 50.2 Å². The number of carbonyl (C=O) groups excluding carboxylic acids is 1. The van der Waals surface area contributed by atoms with Crippen molar-refractivity contribution >= 4 is 22.9 Å². The second-order valence-electron chi connectivity index (χ2n) is 6.24. The number of Topliss-reactive ketones (excluding diaryl/α,β-unsaturated/α-hetero) is 1. The lowest BCUT2D eigenvalue weighted by Crippen LogP contribution is -2.51. The zero-order chi connectivity index (χ0) is 19.1. The Labute approximate surface area is 147 Å². The maximum absolute atomic E-state index is 13.0. The first-order valence-corrected chi connectivity index (χ1v) is 8.28. The molecule has 0 amide bonds. The van der Waals surface area contributed by atoms with Crippen LogP contribution < -0.4 is 11.3 Å². The lowest BCUT2D eigenvalue weighted by Gasteiger charge is -2.32. The smallest absolute Gasteiger partial charge is 0.280 e. The molecule has 1 fully saturated rings. The van der Waals surface area contributed by atoms with Crippen molar-refractivity contribution in [3.05, 3.63) is 16.7 Å². The Morgan fingerprint density at radius 3 is 2.85 bits per heavy atom. The Kier molecular flexibility index (Phi) is 4.80. The number of nitrogens with one attached hydrogen (secondary N) is 1. The van der Waals surface area contributed by atoms with Crippen LogP contribution in [0.25, 0.3) is 11.2 Å². The van der Waals surface area contributed by atoms with Gasteiger partial charge in [0.2, 0.25) is 11.7 Å². The van der Waals surface area contributed by atoms with Crippen molar-refractivity contribution in [3.63, 3.8) is 0 Å². The van der Waals surface area contributed by atoms with Gasteiger partial charge in [-0.15, -0.1) is 0 Å². The van der Waals surface area contributed by atoms with Crippen molar-refractivity contribution in [2.75, 3.05) is 12.3 Å². The summed E-state index contributed by atoms with van der Waals surface area (Å²) in [5.74, 6) is -0.728. The third kappa shape index (κ3) is 2.60. The Morgan fingerprint density at radius 2 is 2.23 bits per heavy atom. The Hall–Kier alpha value is -2.34. The molecule has 1 aliphatic heterocycles. The van der Waals surface area contributed by atoms with Crippen LogP contribution in [0, 0.1) is 0 Å². The van der Waals surface area contributed by atoms with Crippen LogP contribution in [0.4, 0.5) is 5.95 Å². The van der Waals surface area contributed by atoms with Crippen LogP contribution in [0.15, 0.2) is 11.1 Å². The molecule has 0 aliphatic carbocycles. The molecule has 11 heteroatoms. The van der Waals surface area contributed by atoms with Gasteiger partial charge in [0, 0.05) is 6.42 Å². The maximum Gasteiger partial charge on any atom is 0.280 e. The van der Waals surface area contributed by atoms with E-state index in [1.165, 1.54) is 0 Å². The van der Waals surface area contributed by atoms with E-state index in [-0.39, 0.29) is 23.5 Å². The fourth-order valence-corrected chi connectivity index (χ4v) is 3.20. The predicted molar refractivity (Wildman–Crippen MR) is 89.0 cm³/mol. The lowest BCUT2D eigenvalue weighted by molar-refractivity contribution is -0.174. The number of ether oxygens (including phenoxy) is 1. The van der Waals surface area contributed by atoms with Gasteiger partial charge in [-0.1, -0.05) is 13.3 Å². The number of aromatic nitrogens is 4. The summed E-state index contributed by atoms with van der Waals surface area (Å²) in [5, 5.41) is 30.3. The van der Waals surface area contributed by atoms with Gasteiger partial charge in [-0.2, -0.15) is 4.98 Å². The molecule has 6 N–H and O–H groups in total. The second-order valence-corrected chi connectivity index (χ2v) is 6.24. The minimum absolute atomic E-state index is 0.0524. The fraction of sp³-hybridized carbons (Fsp3) is 0.600. The van der Waals surface area contributed by atoms with E-state index in [1.807, 2.05) is 6.92 Å². The monoisotopic (exact) mass is 367 g/mol. The molecule has 1 saturated heterocycles. The number of fused-ring (bicyclic) bond motifs is 1. The summed E-state index contributed by atoms with van der Waals surface area (Å²) >= 11 is 0. The molecule has 0 saturated carbocycles. The summed E-state index contributed by atoms with van der Waals surface area (Å²) in [4.78, 5) is 35.2. The van der Waals surface area contributed by atoms with Gasteiger partial charge in [-0.05, 0) is 6.42 Å². The van der Waals surface area contributed by atoms with E-state index in [0.29, 0.717) is 6.42 Å². The zero-order valence-corrected chi connectivity index (χ0v) is 14.1. The molecule has 11 nitrogen and oxygen atoms in total. The molecule has 1 aliphatic rings. The minimum atomic E-state index is -2.07. The average molecular weight is 367 g/mol. The number of imidazole rings is 1. The molecule has 142 valence electrons. The van der Waals surface area contributed by atoms with Crippen molar-refractivity contribution < 1.29 is 24.9 Å². The van der Waals surface area contributed by atoms with Crippen molar-refractivity contribution in [1.29, 1.82) is 0 Å². The number of ketones is 1. The number of nitrogens with two attached hydrogens (primary N) is 1. The molecule has 4 atom stereocenters. The molecule has 0 aromatic carbocycles. The molecule has 0 radical (unpaired) electrons. The number of unbranched alkanes of at least 4 members (excludes halogenated alkanes) is 1. The third-order valence-corrected chi connectivity index (χ3v) is 4.56. The van der Waals surface area contributed by atoms with E-state index in [0.717, 1.165) is 17.3 Å². The van der Waals surface area contributed by atoms with Gasteiger partial charge in [0.05, 0.1) is 6.61 Å². The van der Waals surface area contributed by atoms with Crippen LogP contribution in [-0.2, 0) is 15.3 Å². The van der Waals surface area contributed by atoms with E-state index in [1.54, 1.807) is 0 Å². The highest BCUT2D eigenvalue weighted by molar-refractivity contribution is 5.88. The molecule has 3 heterocycles. The molecular formula is C15H21N5O6. The molecule has 0 spiro atoms. The number of anilines is 1. The van der Waals surface area contributed by atoms with Gasteiger partial charge in [-0.3, -0.25) is 19.1 Å². The molecule has 26 heavy (non-hydrogen) atoms. The van der Waals surface area contributed by atoms with Gasteiger partial charge >= 0.3 is 0 Å². The number of rotatable bonds is 6. The number of aliphatic hydroxyl groups is 3. The molecule has 0 bridgehead atoms. The molecular weight excluding hydrogens is 346 g/mol.